The Labute approximate surface area is 94.9 Å². The smallest absolute Gasteiger partial charge is 0.0925 e. The summed E-state index contributed by atoms with van der Waals surface area (Å²) in [5.74, 6) is 0.712. The predicted molar refractivity (Wildman–Crippen MR) is 62.1 cm³/mol. The first-order valence-electron chi connectivity index (χ1n) is 5.60. The molecule has 1 unspecified atom stereocenters. The zero-order valence-corrected chi connectivity index (χ0v) is 9.98. The Kier molecular flexibility index (Phi) is 4.11. The van der Waals surface area contributed by atoms with Crippen molar-refractivity contribution >= 4 is 11.3 Å². The fourth-order valence-electron chi connectivity index (χ4n) is 1.74. The van der Waals surface area contributed by atoms with Crippen LogP contribution in [0.4, 0.5) is 0 Å². The van der Waals surface area contributed by atoms with Crippen molar-refractivity contribution in [2.45, 2.75) is 26.3 Å². The fraction of sp³-hybridized carbons (Fsp3) is 0.727. The van der Waals surface area contributed by atoms with Crippen molar-refractivity contribution in [2.75, 3.05) is 19.8 Å². The molecule has 3 nitrogen and oxygen atoms in total. The van der Waals surface area contributed by atoms with Crippen LogP contribution < -0.4 is 5.32 Å². The monoisotopic (exact) mass is 226 g/mol. The van der Waals surface area contributed by atoms with Crippen LogP contribution in [0.5, 0.6) is 0 Å². The lowest BCUT2D eigenvalue weighted by molar-refractivity contribution is 0.185. The van der Waals surface area contributed by atoms with E-state index < -0.39 is 0 Å². The molecule has 0 aliphatic carbocycles. The van der Waals surface area contributed by atoms with Gasteiger partial charge in [0.05, 0.1) is 11.6 Å². The van der Waals surface area contributed by atoms with Crippen molar-refractivity contribution < 1.29 is 4.74 Å². The number of aryl methyl sites for hydroxylation is 1. The van der Waals surface area contributed by atoms with Crippen LogP contribution in [0.3, 0.4) is 0 Å². The van der Waals surface area contributed by atoms with Crippen molar-refractivity contribution in [3.8, 4) is 0 Å². The second kappa shape index (κ2) is 5.58. The average molecular weight is 226 g/mol. The molecular weight excluding hydrogens is 208 g/mol. The van der Waals surface area contributed by atoms with E-state index in [-0.39, 0.29) is 0 Å². The van der Waals surface area contributed by atoms with Crippen molar-refractivity contribution in [3.05, 3.63) is 16.1 Å². The molecule has 0 aromatic carbocycles. The summed E-state index contributed by atoms with van der Waals surface area (Å²) in [5, 5.41) is 4.70. The number of nitrogens with zero attached hydrogens (tertiary/aromatic N) is 1. The van der Waals surface area contributed by atoms with E-state index in [1.807, 2.05) is 17.5 Å². The van der Waals surface area contributed by atoms with Gasteiger partial charge in [-0.1, -0.05) is 6.92 Å². The van der Waals surface area contributed by atoms with Gasteiger partial charge in [-0.05, 0) is 18.8 Å². The number of rotatable bonds is 5. The van der Waals surface area contributed by atoms with Gasteiger partial charge in [0.1, 0.15) is 0 Å². The molecule has 1 N–H and O–H groups in total. The number of nitrogens with one attached hydrogen (secondary N) is 1. The molecular formula is C11H18N2OS. The van der Waals surface area contributed by atoms with Gasteiger partial charge in [-0.15, -0.1) is 11.3 Å². The third kappa shape index (κ3) is 3.26. The van der Waals surface area contributed by atoms with Crippen LogP contribution in [0.2, 0.25) is 0 Å². The minimum atomic E-state index is 0.712. The van der Waals surface area contributed by atoms with Crippen LogP contribution in [0, 0.1) is 5.92 Å². The first-order chi connectivity index (χ1) is 7.38. The number of thiazole rings is 1. The summed E-state index contributed by atoms with van der Waals surface area (Å²) in [4.78, 5) is 5.68. The van der Waals surface area contributed by atoms with E-state index in [4.69, 9.17) is 4.74 Å². The van der Waals surface area contributed by atoms with Gasteiger partial charge in [-0.3, -0.25) is 0 Å². The van der Waals surface area contributed by atoms with Crippen molar-refractivity contribution in [2.24, 2.45) is 5.92 Å². The summed E-state index contributed by atoms with van der Waals surface area (Å²) in [6.07, 6.45) is 4.23. The average Bonchev–Trinajstić information content (AvgIpc) is 2.88. The number of hydrogen-bond donors (Lipinski definition) is 1. The zero-order valence-electron chi connectivity index (χ0n) is 9.16. The maximum absolute atomic E-state index is 5.33. The summed E-state index contributed by atoms with van der Waals surface area (Å²) in [6.45, 7) is 6.03. The largest absolute Gasteiger partial charge is 0.381 e. The van der Waals surface area contributed by atoms with Gasteiger partial charge in [0.2, 0.25) is 0 Å². The Morgan fingerprint density at radius 3 is 3.27 bits per heavy atom. The topological polar surface area (TPSA) is 34.2 Å². The van der Waals surface area contributed by atoms with Gasteiger partial charge in [-0.25, -0.2) is 4.98 Å². The fourth-order valence-corrected chi connectivity index (χ4v) is 2.57. The van der Waals surface area contributed by atoms with E-state index in [0.29, 0.717) is 5.92 Å². The van der Waals surface area contributed by atoms with E-state index >= 15 is 0 Å². The lowest BCUT2D eigenvalue weighted by Crippen LogP contribution is -2.22. The maximum atomic E-state index is 5.33. The minimum absolute atomic E-state index is 0.712. The number of ether oxygens (including phenoxy) is 1. The van der Waals surface area contributed by atoms with Gasteiger partial charge >= 0.3 is 0 Å². The third-order valence-corrected chi connectivity index (χ3v) is 3.80. The molecule has 1 atom stereocenters. The van der Waals surface area contributed by atoms with Crippen molar-refractivity contribution in [3.63, 3.8) is 0 Å². The van der Waals surface area contributed by atoms with Crippen LogP contribution >= 0.6 is 11.3 Å². The van der Waals surface area contributed by atoms with Crippen molar-refractivity contribution in [1.82, 2.24) is 10.3 Å². The summed E-state index contributed by atoms with van der Waals surface area (Å²) in [7, 11) is 0. The normalized spacial score (nSPS) is 21.0. The summed E-state index contributed by atoms with van der Waals surface area (Å²) in [5.41, 5.74) is 0. The molecule has 1 aromatic heterocycles. The molecule has 1 aromatic rings. The molecule has 15 heavy (non-hydrogen) atoms. The molecule has 1 fully saturated rings. The molecule has 0 saturated carbocycles. The Morgan fingerprint density at radius 2 is 2.60 bits per heavy atom. The first kappa shape index (κ1) is 11.0. The Hall–Kier alpha value is -0.450. The predicted octanol–water partition coefficient (Wildman–Crippen LogP) is 1.83. The van der Waals surface area contributed by atoms with E-state index in [0.717, 1.165) is 32.7 Å². The molecule has 0 spiro atoms. The lowest BCUT2D eigenvalue weighted by Gasteiger charge is -2.07. The molecule has 0 amide bonds. The molecule has 0 bridgehead atoms. The van der Waals surface area contributed by atoms with Gasteiger partial charge in [0, 0.05) is 30.8 Å². The second-order valence-corrected chi connectivity index (χ2v) is 5.13. The molecule has 2 heterocycles. The second-order valence-electron chi connectivity index (χ2n) is 3.93. The Balaban J connectivity index is 1.68. The van der Waals surface area contributed by atoms with Crippen LogP contribution in [0.25, 0.3) is 0 Å². The van der Waals surface area contributed by atoms with Crippen LogP contribution in [0.15, 0.2) is 6.20 Å². The molecule has 1 saturated heterocycles. The quantitative estimate of drug-likeness (QED) is 0.831. The van der Waals surface area contributed by atoms with Gasteiger partial charge in [0.25, 0.3) is 0 Å². The SMILES string of the molecule is CCc1ncc(CNCC2CCOC2)s1. The van der Waals surface area contributed by atoms with Gasteiger partial charge < -0.3 is 10.1 Å². The highest BCUT2D eigenvalue weighted by Gasteiger charge is 2.14. The van der Waals surface area contributed by atoms with E-state index in [1.54, 1.807) is 0 Å². The summed E-state index contributed by atoms with van der Waals surface area (Å²) >= 11 is 1.81. The minimum Gasteiger partial charge on any atom is -0.381 e. The molecule has 4 heteroatoms. The molecule has 2 rings (SSSR count). The highest BCUT2D eigenvalue weighted by atomic mass is 32.1. The van der Waals surface area contributed by atoms with Gasteiger partial charge in [-0.2, -0.15) is 0 Å². The van der Waals surface area contributed by atoms with Crippen molar-refractivity contribution in [1.29, 1.82) is 0 Å². The summed E-state index contributed by atoms with van der Waals surface area (Å²) in [6, 6.07) is 0. The Morgan fingerprint density at radius 1 is 1.67 bits per heavy atom. The molecule has 1 aliphatic rings. The lowest BCUT2D eigenvalue weighted by atomic mass is 10.1. The molecule has 1 aliphatic heterocycles. The number of aromatic nitrogens is 1. The number of hydrogen-bond acceptors (Lipinski definition) is 4. The van der Waals surface area contributed by atoms with Crippen LogP contribution in [0.1, 0.15) is 23.2 Å². The van der Waals surface area contributed by atoms with E-state index in [9.17, 15) is 0 Å². The van der Waals surface area contributed by atoms with E-state index in [1.165, 1.54) is 16.3 Å². The Bertz CT molecular complexity index is 295. The first-order valence-corrected chi connectivity index (χ1v) is 6.42. The van der Waals surface area contributed by atoms with Gasteiger partial charge in [0.15, 0.2) is 0 Å². The van der Waals surface area contributed by atoms with Crippen LogP contribution in [-0.2, 0) is 17.7 Å². The zero-order chi connectivity index (χ0) is 10.5. The maximum Gasteiger partial charge on any atom is 0.0925 e. The summed E-state index contributed by atoms with van der Waals surface area (Å²) < 4.78 is 5.33. The molecule has 0 radical (unpaired) electrons. The standard InChI is InChI=1S/C11H18N2OS/c1-2-11-13-7-10(15-11)6-12-5-9-3-4-14-8-9/h7,9,12H,2-6,8H2,1H3. The highest BCUT2D eigenvalue weighted by Crippen LogP contribution is 2.14. The molecule has 84 valence electrons. The highest BCUT2D eigenvalue weighted by molar-refractivity contribution is 7.11. The van der Waals surface area contributed by atoms with E-state index in [2.05, 4.69) is 17.2 Å². The van der Waals surface area contributed by atoms with Crippen LogP contribution in [-0.4, -0.2) is 24.7 Å². The third-order valence-electron chi connectivity index (χ3n) is 2.66.